The number of nitrogens with two attached hydrogens (primary N) is 1. The monoisotopic (exact) mass is 222 g/mol. The van der Waals surface area contributed by atoms with E-state index in [1.165, 1.54) is 0 Å². The van der Waals surface area contributed by atoms with Crippen LogP contribution >= 0.6 is 0 Å². The second-order valence-corrected chi connectivity index (χ2v) is 3.45. The van der Waals surface area contributed by atoms with E-state index in [0.29, 0.717) is 5.82 Å². The first kappa shape index (κ1) is 12.4. The van der Waals surface area contributed by atoms with Crippen molar-refractivity contribution in [3.8, 4) is 0 Å². The summed E-state index contributed by atoms with van der Waals surface area (Å²) in [6.45, 7) is 4.78. The fourth-order valence-corrected chi connectivity index (χ4v) is 1.25. The molecular formula is C11H18N4O. The Morgan fingerprint density at radius 1 is 1.38 bits per heavy atom. The van der Waals surface area contributed by atoms with Crippen LogP contribution in [-0.4, -0.2) is 30.5 Å². The lowest BCUT2D eigenvalue weighted by Gasteiger charge is -2.06. The first-order valence-electron chi connectivity index (χ1n) is 5.45. The normalized spacial score (nSPS) is 10.1. The first-order chi connectivity index (χ1) is 7.74. The molecule has 5 heteroatoms. The number of hydrogen-bond acceptors (Lipinski definition) is 4. The van der Waals surface area contributed by atoms with Crippen LogP contribution < -0.4 is 16.4 Å². The van der Waals surface area contributed by atoms with Crippen molar-refractivity contribution in [3.63, 3.8) is 0 Å². The second-order valence-electron chi connectivity index (χ2n) is 3.45. The van der Waals surface area contributed by atoms with Gasteiger partial charge in [0.05, 0.1) is 0 Å². The second kappa shape index (κ2) is 6.79. The van der Waals surface area contributed by atoms with Gasteiger partial charge in [0.15, 0.2) is 0 Å². The van der Waals surface area contributed by atoms with Crippen molar-refractivity contribution in [2.24, 2.45) is 5.73 Å². The predicted octanol–water partition coefficient (Wildman–Crippen LogP) is 0.592. The Kier molecular flexibility index (Phi) is 5.28. The van der Waals surface area contributed by atoms with E-state index in [1.54, 1.807) is 12.1 Å². The lowest BCUT2D eigenvalue weighted by atomic mass is 10.3. The quantitative estimate of drug-likeness (QED) is 0.590. The molecule has 0 atom stereocenters. The summed E-state index contributed by atoms with van der Waals surface area (Å²) in [7, 11) is 0. The Morgan fingerprint density at radius 2 is 2.19 bits per heavy atom. The van der Waals surface area contributed by atoms with Gasteiger partial charge in [-0.05, 0) is 25.1 Å². The molecule has 0 aliphatic carbocycles. The molecular weight excluding hydrogens is 204 g/mol. The minimum Gasteiger partial charge on any atom is -0.369 e. The number of nitrogens with zero attached hydrogens (tertiary/aromatic N) is 1. The van der Waals surface area contributed by atoms with Crippen LogP contribution in [0.25, 0.3) is 0 Å². The molecule has 0 aliphatic rings. The van der Waals surface area contributed by atoms with Crippen molar-refractivity contribution in [1.82, 2.24) is 10.3 Å². The molecule has 0 spiro atoms. The molecule has 88 valence electrons. The summed E-state index contributed by atoms with van der Waals surface area (Å²) in [5, 5.41) is 6.38. The van der Waals surface area contributed by atoms with Gasteiger partial charge in [-0.3, -0.25) is 4.79 Å². The van der Waals surface area contributed by atoms with Gasteiger partial charge >= 0.3 is 0 Å². The summed E-state index contributed by atoms with van der Waals surface area (Å²) in [6, 6.07) is 5.17. The van der Waals surface area contributed by atoms with Crippen LogP contribution in [0.2, 0.25) is 0 Å². The highest BCUT2D eigenvalue weighted by Crippen LogP contribution is 2.03. The van der Waals surface area contributed by atoms with Gasteiger partial charge in [-0.25, -0.2) is 4.98 Å². The summed E-state index contributed by atoms with van der Waals surface area (Å²) >= 11 is 0. The maximum Gasteiger partial charge on any atom is 0.267 e. The van der Waals surface area contributed by atoms with E-state index >= 15 is 0 Å². The standard InChI is InChI=1S/C11H18N4O/c1-2-6-13-7-8-14-10-5-3-4-9(15-10)11(12)16/h3-5,13H,2,6-8H2,1H3,(H2,12,16)(H,14,15). The largest absolute Gasteiger partial charge is 0.369 e. The Labute approximate surface area is 95.4 Å². The van der Waals surface area contributed by atoms with E-state index in [0.717, 1.165) is 26.1 Å². The minimum atomic E-state index is -0.507. The summed E-state index contributed by atoms with van der Waals surface area (Å²) in [5.41, 5.74) is 5.42. The van der Waals surface area contributed by atoms with Crippen LogP contribution in [0.15, 0.2) is 18.2 Å². The number of hydrogen-bond donors (Lipinski definition) is 3. The number of primary amides is 1. The van der Waals surface area contributed by atoms with E-state index in [4.69, 9.17) is 5.73 Å². The zero-order valence-electron chi connectivity index (χ0n) is 9.49. The Hall–Kier alpha value is -1.62. The smallest absolute Gasteiger partial charge is 0.267 e. The lowest BCUT2D eigenvalue weighted by molar-refractivity contribution is 0.0995. The molecule has 5 nitrogen and oxygen atoms in total. The average Bonchev–Trinajstić information content (AvgIpc) is 2.29. The highest BCUT2D eigenvalue weighted by molar-refractivity contribution is 5.91. The van der Waals surface area contributed by atoms with E-state index < -0.39 is 5.91 Å². The fraction of sp³-hybridized carbons (Fsp3) is 0.455. The van der Waals surface area contributed by atoms with Crippen molar-refractivity contribution in [2.75, 3.05) is 25.0 Å². The molecule has 0 aliphatic heterocycles. The molecule has 0 fully saturated rings. The fourth-order valence-electron chi connectivity index (χ4n) is 1.25. The van der Waals surface area contributed by atoms with Crippen LogP contribution in [-0.2, 0) is 0 Å². The Balaban J connectivity index is 2.36. The Morgan fingerprint density at radius 3 is 2.88 bits per heavy atom. The molecule has 0 aromatic carbocycles. The van der Waals surface area contributed by atoms with Gasteiger partial charge in [0, 0.05) is 13.1 Å². The molecule has 0 bridgehead atoms. The van der Waals surface area contributed by atoms with Crippen molar-refractivity contribution >= 4 is 11.7 Å². The number of nitrogens with one attached hydrogen (secondary N) is 2. The third-order valence-electron chi connectivity index (χ3n) is 2.04. The van der Waals surface area contributed by atoms with Gasteiger partial charge in [-0.1, -0.05) is 13.0 Å². The van der Waals surface area contributed by atoms with Gasteiger partial charge in [-0.15, -0.1) is 0 Å². The van der Waals surface area contributed by atoms with E-state index in [9.17, 15) is 4.79 Å². The van der Waals surface area contributed by atoms with Gasteiger partial charge in [0.1, 0.15) is 11.5 Å². The van der Waals surface area contributed by atoms with E-state index in [-0.39, 0.29) is 5.69 Å². The van der Waals surface area contributed by atoms with Gasteiger partial charge in [0.2, 0.25) is 0 Å². The van der Waals surface area contributed by atoms with Crippen LogP contribution in [0.1, 0.15) is 23.8 Å². The topological polar surface area (TPSA) is 80.0 Å². The minimum absolute atomic E-state index is 0.284. The number of aromatic nitrogens is 1. The van der Waals surface area contributed by atoms with Crippen LogP contribution in [0.4, 0.5) is 5.82 Å². The van der Waals surface area contributed by atoms with Gasteiger partial charge in [-0.2, -0.15) is 0 Å². The number of rotatable bonds is 7. The highest BCUT2D eigenvalue weighted by Gasteiger charge is 2.01. The van der Waals surface area contributed by atoms with Crippen molar-refractivity contribution in [2.45, 2.75) is 13.3 Å². The van der Waals surface area contributed by atoms with Crippen molar-refractivity contribution < 1.29 is 4.79 Å². The third-order valence-corrected chi connectivity index (χ3v) is 2.04. The first-order valence-corrected chi connectivity index (χ1v) is 5.45. The molecule has 0 saturated carbocycles. The van der Waals surface area contributed by atoms with Crippen molar-refractivity contribution in [1.29, 1.82) is 0 Å². The molecule has 0 saturated heterocycles. The molecule has 1 rings (SSSR count). The predicted molar refractivity (Wildman–Crippen MR) is 64.4 cm³/mol. The zero-order valence-corrected chi connectivity index (χ0v) is 9.49. The van der Waals surface area contributed by atoms with Gasteiger partial charge < -0.3 is 16.4 Å². The molecule has 4 N–H and O–H groups in total. The maximum absolute atomic E-state index is 10.9. The summed E-state index contributed by atoms with van der Waals surface area (Å²) in [4.78, 5) is 15.0. The number of amides is 1. The number of pyridine rings is 1. The lowest BCUT2D eigenvalue weighted by Crippen LogP contribution is -2.23. The molecule has 1 heterocycles. The molecule has 1 aromatic rings. The van der Waals surface area contributed by atoms with E-state index in [1.807, 2.05) is 6.07 Å². The number of carbonyl (C=O) groups excluding carboxylic acids is 1. The molecule has 0 radical (unpaired) electrons. The van der Waals surface area contributed by atoms with Crippen LogP contribution in [0.5, 0.6) is 0 Å². The van der Waals surface area contributed by atoms with Gasteiger partial charge in [0.25, 0.3) is 5.91 Å². The van der Waals surface area contributed by atoms with Crippen LogP contribution in [0.3, 0.4) is 0 Å². The maximum atomic E-state index is 10.9. The average molecular weight is 222 g/mol. The molecule has 1 aromatic heterocycles. The summed E-state index contributed by atoms with van der Waals surface area (Å²) in [5.74, 6) is 0.169. The number of carbonyl (C=O) groups is 1. The highest BCUT2D eigenvalue weighted by atomic mass is 16.1. The molecule has 1 amide bonds. The van der Waals surface area contributed by atoms with Crippen molar-refractivity contribution in [3.05, 3.63) is 23.9 Å². The number of anilines is 1. The summed E-state index contributed by atoms with van der Waals surface area (Å²) < 4.78 is 0. The third kappa shape index (κ3) is 4.27. The van der Waals surface area contributed by atoms with Crippen LogP contribution in [0, 0.1) is 0 Å². The Bertz CT molecular complexity index is 341. The zero-order chi connectivity index (χ0) is 11.8. The SMILES string of the molecule is CCCNCCNc1cccc(C(N)=O)n1. The summed E-state index contributed by atoms with van der Waals surface area (Å²) in [6.07, 6.45) is 1.12. The molecule has 16 heavy (non-hydrogen) atoms. The molecule has 0 unspecified atom stereocenters. The van der Waals surface area contributed by atoms with E-state index in [2.05, 4.69) is 22.5 Å².